The van der Waals surface area contributed by atoms with Gasteiger partial charge >= 0.3 is 5.97 Å². The molecule has 0 saturated heterocycles. The lowest BCUT2D eigenvalue weighted by Gasteiger charge is -2.16. The highest BCUT2D eigenvalue weighted by Crippen LogP contribution is 2.34. The van der Waals surface area contributed by atoms with Crippen molar-refractivity contribution in [3.05, 3.63) is 18.0 Å². The third-order valence-corrected chi connectivity index (χ3v) is 3.02. The molecule has 1 aromatic heterocycles. The standard InChI is InChI=1S/C12H17N3O2/c1-2-9(7-8-3-4-8)14-12-13-6-5-10(15-12)11(16)17/h5-6,8-9H,2-4,7H2,1H3,(H,16,17)(H,13,14,15). The maximum Gasteiger partial charge on any atom is 0.354 e. The van der Waals surface area contributed by atoms with Crippen LogP contribution in [0.2, 0.25) is 0 Å². The summed E-state index contributed by atoms with van der Waals surface area (Å²) >= 11 is 0. The number of aromatic nitrogens is 2. The van der Waals surface area contributed by atoms with E-state index in [4.69, 9.17) is 5.11 Å². The third-order valence-electron chi connectivity index (χ3n) is 3.02. The number of hydrogen-bond acceptors (Lipinski definition) is 4. The zero-order valence-electron chi connectivity index (χ0n) is 9.89. The SMILES string of the molecule is CCC(CC1CC1)Nc1nccc(C(=O)O)n1. The summed E-state index contributed by atoms with van der Waals surface area (Å²) in [5.41, 5.74) is 0.0313. The van der Waals surface area contributed by atoms with Crippen molar-refractivity contribution in [3.63, 3.8) is 0 Å². The van der Waals surface area contributed by atoms with Crippen LogP contribution < -0.4 is 5.32 Å². The van der Waals surface area contributed by atoms with Gasteiger partial charge in [0.2, 0.25) is 5.95 Å². The fraction of sp³-hybridized carbons (Fsp3) is 0.583. The smallest absolute Gasteiger partial charge is 0.354 e. The summed E-state index contributed by atoms with van der Waals surface area (Å²) in [5, 5.41) is 12.0. The van der Waals surface area contributed by atoms with Gasteiger partial charge in [0.25, 0.3) is 0 Å². The lowest BCUT2D eigenvalue weighted by Crippen LogP contribution is -2.21. The van der Waals surface area contributed by atoms with Gasteiger partial charge in [-0.15, -0.1) is 0 Å². The maximum atomic E-state index is 10.8. The zero-order chi connectivity index (χ0) is 12.3. The molecule has 1 atom stereocenters. The molecular formula is C12H17N3O2. The summed E-state index contributed by atoms with van der Waals surface area (Å²) in [6.45, 7) is 2.11. The van der Waals surface area contributed by atoms with E-state index in [1.54, 1.807) is 0 Å². The van der Waals surface area contributed by atoms with Crippen LogP contribution in [0, 0.1) is 5.92 Å². The number of carbonyl (C=O) groups is 1. The minimum atomic E-state index is -1.02. The molecule has 0 spiro atoms. The predicted molar refractivity (Wildman–Crippen MR) is 64.0 cm³/mol. The quantitative estimate of drug-likeness (QED) is 0.790. The summed E-state index contributed by atoms with van der Waals surface area (Å²) in [5.74, 6) is 0.221. The first-order chi connectivity index (χ1) is 8.19. The predicted octanol–water partition coefficient (Wildman–Crippen LogP) is 2.17. The number of carboxylic acid groups (broad SMARTS) is 1. The van der Waals surface area contributed by atoms with Crippen LogP contribution in [0.25, 0.3) is 0 Å². The summed E-state index contributed by atoms with van der Waals surface area (Å²) in [4.78, 5) is 18.8. The van der Waals surface area contributed by atoms with Crippen LogP contribution in [0.3, 0.4) is 0 Å². The molecule has 1 aliphatic rings. The normalized spacial score (nSPS) is 16.5. The molecule has 1 heterocycles. The third kappa shape index (κ3) is 3.41. The summed E-state index contributed by atoms with van der Waals surface area (Å²) in [7, 11) is 0. The van der Waals surface area contributed by atoms with Gasteiger partial charge in [-0.1, -0.05) is 19.8 Å². The topological polar surface area (TPSA) is 75.1 Å². The second-order valence-electron chi connectivity index (χ2n) is 4.50. The van der Waals surface area contributed by atoms with Crippen molar-refractivity contribution < 1.29 is 9.90 Å². The molecule has 2 N–H and O–H groups in total. The first kappa shape index (κ1) is 11.8. The first-order valence-electron chi connectivity index (χ1n) is 6.02. The van der Waals surface area contributed by atoms with Crippen LogP contribution >= 0.6 is 0 Å². The van der Waals surface area contributed by atoms with E-state index in [1.165, 1.54) is 25.1 Å². The van der Waals surface area contributed by atoms with E-state index in [1.807, 2.05) is 0 Å². The molecule has 1 fully saturated rings. The van der Waals surface area contributed by atoms with Crippen molar-refractivity contribution in [3.8, 4) is 0 Å². The molecule has 5 nitrogen and oxygen atoms in total. The monoisotopic (exact) mass is 235 g/mol. The van der Waals surface area contributed by atoms with Crippen molar-refractivity contribution in [1.29, 1.82) is 0 Å². The summed E-state index contributed by atoms with van der Waals surface area (Å²) < 4.78 is 0. The number of nitrogens with one attached hydrogen (secondary N) is 1. The van der Waals surface area contributed by atoms with Crippen LogP contribution in [0.5, 0.6) is 0 Å². The Morgan fingerprint density at radius 1 is 1.65 bits per heavy atom. The van der Waals surface area contributed by atoms with E-state index in [0.717, 1.165) is 18.8 Å². The van der Waals surface area contributed by atoms with Crippen LogP contribution in [-0.4, -0.2) is 27.1 Å². The van der Waals surface area contributed by atoms with Gasteiger partial charge in [0, 0.05) is 12.2 Å². The van der Waals surface area contributed by atoms with Gasteiger partial charge in [-0.05, 0) is 24.8 Å². The molecule has 1 aliphatic carbocycles. The fourth-order valence-corrected chi connectivity index (χ4v) is 1.81. The minimum Gasteiger partial charge on any atom is -0.477 e. The Morgan fingerprint density at radius 2 is 2.41 bits per heavy atom. The Hall–Kier alpha value is -1.65. The molecule has 0 aromatic carbocycles. The van der Waals surface area contributed by atoms with Crippen LogP contribution in [0.15, 0.2) is 12.3 Å². The molecule has 0 radical (unpaired) electrons. The largest absolute Gasteiger partial charge is 0.477 e. The molecule has 1 saturated carbocycles. The Labute approximate surface area is 100 Å². The fourth-order valence-electron chi connectivity index (χ4n) is 1.81. The van der Waals surface area contributed by atoms with Crippen molar-refractivity contribution >= 4 is 11.9 Å². The average Bonchev–Trinajstić information content (AvgIpc) is 3.12. The van der Waals surface area contributed by atoms with Crippen LogP contribution in [0.4, 0.5) is 5.95 Å². The van der Waals surface area contributed by atoms with Gasteiger partial charge in [-0.3, -0.25) is 0 Å². The number of rotatable bonds is 6. The number of hydrogen-bond donors (Lipinski definition) is 2. The number of nitrogens with zero attached hydrogens (tertiary/aromatic N) is 2. The van der Waals surface area contributed by atoms with Gasteiger partial charge < -0.3 is 10.4 Å². The Morgan fingerprint density at radius 3 is 3.00 bits per heavy atom. The molecule has 0 aliphatic heterocycles. The van der Waals surface area contributed by atoms with E-state index in [-0.39, 0.29) is 5.69 Å². The highest BCUT2D eigenvalue weighted by molar-refractivity contribution is 5.85. The van der Waals surface area contributed by atoms with E-state index in [2.05, 4.69) is 22.2 Å². The van der Waals surface area contributed by atoms with Crippen molar-refractivity contribution in [2.24, 2.45) is 5.92 Å². The molecule has 2 rings (SSSR count). The van der Waals surface area contributed by atoms with Crippen LogP contribution in [0.1, 0.15) is 43.1 Å². The van der Waals surface area contributed by atoms with Gasteiger partial charge in [0.15, 0.2) is 5.69 Å². The van der Waals surface area contributed by atoms with E-state index in [0.29, 0.717) is 12.0 Å². The number of anilines is 1. The summed E-state index contributed by atoms with van der Waals surface area (Å²) in [6, 6.07) is 1.74. The summed E-state index contributed by atoms with van der Waals surface area (Å²) in [6.07, 6.45) is 6.22. The van der Waals surface area contributed by atoms with Crippen LogP contribution in [-0.2, 0) is 0 Å². The maximum absolute atomic E-state index is 10.8. The second kappa shape index (κ2) is 5.12. The van der Waals surface area contributed by atoms with E-state index < -0.39 is 5.97 Å². The van der Waals surface area contributed by atoms with E-state index >= 15 is 0 Å². The van der Waals surface area contributed by atoms with E-state index in [9.17, 15) is 4.79 Å². The molecule has 0 bridgehead atoms. The lowest BCUT2D eigenvalue weighted by atomic mass is 10.1. The molecular weight excluding hydrogens is 218 g/mol. The minimum absolute atomic E-state index is 0.0313. The molecule has 1 aromatic rings. The molecule has 0 amide bonds. The van der Waals surface area contributed by atoms with Crippen molar-refractivity contribution in [1.82, 2.24) is 9.97 Å². The number of aromatic carboxylic acids is 1. The first-order valence-corrected chi connectivity index (χ1v) is 6.02. The lowest BCUT2D eigenvalue weighted by molar-refractivity contribution is 0.0690. The highest BCUT2D eigenvalue weighted by atomic mass is 16.4. The number of carboxylic acids is 1. The van der Waals surface area contributed by atoms with Crippen molar-refractivity contribution in [2.75, 3.05) is 5.32 Å². The zero-order valence-corrected chi connectivity index (χ0v) is 9.89. The molecule has 1 unspecified atom stereocenters. The van der Waals surface area contributed by atoms with Crippen molar-refractivity contribution in [2.45, 2.75) is 38.6 Å². The van der Waals surface area contributed by atoms with Gasteiger partial charge in [0.05, 0.1) is 0 Å². The Balaban J connectivity index is 2.00. The second-order valence-corrected chi connectivity index (χ2v) is 4.50. The molecule has 5 heteroatoms. The molecule has 92 valence electrons. The highest BCUT2D eigenvalue weighted by Gasteiger charge is 2.25. The van der Waals surface area contributed by atoms with Gasteiger partial charge in [-0.25, -0.2) is 14.8 Å². The van der Waals surface area contributed by atoms with Gasteiger partial charge in [0.1, 0.15) is 0 Å². The molecule has 17 heavy (non-hydrogen) atoms. The Kier molecular flexibility index (Phi) is 3.56. The average molecular weight is 235 g/mol. The Bertz CT molecular complexity index is 404. The van der Waals surface area contributed by atoms with Gasteiger partial charge in [-0.2, -0.15) is 0 Å².